The number of nitrogens with one attached hydrogen (secondary N) is 3. The SMILES string of the molecule is C[C@H](NC(N)=O)C(=O)NNC(=O)CCCOc1ccc(Cl)cc1Cl. The Labute approximate surface area is 149 Å². The topological polar surface area (TPSA) is 123 Å². The molecule has 0 saturated carbocycles. The molecule has 132 valence electrons. The van der Waals surface area contributed by atoms with E-state index < -0.39 is 23.9 Å². The lowest BCUT2D eigenvalue weighted by molar-refractivity contribution is -0.129. The van der Waals surface area contributed by atoms with Gasteiger partial charge in [0.15, 0.2) is 0 Å². The molecule has 0 unspecified atom stereocenters. The van der Waals surface area contributed by atoms with E-state index in [1.54, 1.807) is 18.2 Å². The van der Waals surface area contributed by atoms with E-state index in [2.05, 4.69) is 16.2 Å². The van der Waals surface area contributed by atoms with E-state index in [1.807, 2.05) is 0 Å². The number of rotatable bonds is 7. The van der Waals surface area contributed by atoms with Crippen LogP contribution in [-0.2, 0) is 9.59 Å². The van der Waals surface area contributed by atoms with Gasteiger partial charge < -0.3 is 15.8 Å². The van der Waals surface area contributed by atoms with Crippen molar-refractivity contribution in [2.24, 2.45) is 5.73 Å². The fourth-order valence-electron chi connectivity index (χ4n) is 1.59. The number of carbonyl (C=O) groups is 3. The van der Waals surface area contributed by atoms with Gasteiger partial charge in [0.1, 0.15) is 11.8 Å². The molecule has 0 saturated heterocycles. The average molecular weight is 377 g/mol. The summed E-state index contributed by atoms with van der Waals surface area (Å²) in [5.41, 5.74) is 9.29. The summed E-state index contributed by atoms with van der Waals surface area (Å²) in [7, 11) is 0. The molecule has 1 aromatic carbocycles. The highest BCUT2D eigenvalue weighted by Crippen LogP contribution is 2.27. The second-order valence-electron chi connectivity index (χ2n) is 4.79. The first kappa shape index (κ1) is 19.9. The summed E-state index contributed by atoms with van der Waals surface area (Å²) in [6.45, 7) is 1.69. The number of halogens is 2. The van der Waals surface area contributed by atoms with E-state index in [9.17, 15) is 14.4 Å². The van der Waals surface area contributed by atoms with Gasteiger partial charge in [-0.15, -0.1) is 0 Å². The fourth-order valence-corrected chi connectivity index (χ4v) is 2.05. The minimum atomic E-state index is -0.863. The quantitative estimate of drug-likeness (QED) is 0.423. The maximum atomic E-state index is 11.6. The number of hydrogen-bond donors (Lipinski definition) is 4. The molecule has 0 bridgehead atoms. The Bertz CT molecular complexity index is 612. The van der Waals surface area contributed by atoms with Crippen molar-refractivity contribution in [3.63, 3.8) is 0 Å². The second-order valence-corrected chi connectivity index (χ2v) is 5.64. The monoisotopic (exact) mass is 376 g/mol. The number of ether oxygens (including phenoxy) is 1. The Morgan fingerprint density at radius 3 is 2.58 bits per heavy atom. The van der Waals surface area contributed by atoms with Crippen molar-refractivity contribution < 1.29 is 19.1 Å². The lowest BCUT2D eigenvalue weighted by Crippen LogP contribution is -2.52. The molecule has 1 rings (SSSR count). The zero-order valence-corrected chi connectivity index (χ0v) is 14.4. The predicted octanol–water partition coefficient (Wildman–Crippen LogP) is 1.36. The van der Waals surface area contributed by atoms with Crippen LogP contribution in [0.1, 0.15) is 19.8 Å². The van der Waals surface area contributed by atoms with Gasteiger partial charge in [-0.25, -0.2) is 4.79 Å². The van der Waals surface area contributed by atoms with Gasteiger partial charge in [-0.2, -0.15) is 0 Å². The first-order valence-electron chi connectivity index (χ1n) is 7.02. The molecule has 0 aliphatic rings. The molecule has 0 spiro atoms. The van der Waals surface area contributed by atoms with Crippen molar-refractivity contribution in [3.8, 4) is 5.75 Å². The molecular weight excluding hydrogens is 359 g/mol. The number of amides is 4. The molecule has 0 aliphatic carbocycles. The third kappa shape index (κ3) is 7.38. The Kier molecular flexibility index (Phi) is 8.14. The number of primary amides is 1. The van der Waals surface area contributed by atoms with E-state index in [-0.39, 0.29) is 13.0 Å². The molecular formula is C14H18Cl2N4O4. The molecule has 0 aromatic heterocycles. The van der Waals surface area contributed by atoms with Crippen LogP contribution < -0.4 is 26.6 Å². The molecule has 1 atom stereocenters. The number of urea groups is 1. The number of carbonyl (C=O) groups excluding carboxylic acids is 3. The molecule has 0 aliphatic heterocycles. The van der Waals surface area contributed by atoms with Gasteiger partial charge in [0.05, 0.1) is 11.6 Å². The van der Waals surface area contributed by atoms with Crippen molar-refractivity contribution in [2.45, 2.75) is 25.8 Å². The van der Waals surface area contributed by atoms with Gasteiger partial charge in [0.2, 0.25) is 5.91 Å². The number of benzene rings is 1. The van der Waals surface area contributed by atoms with Crippen molar-refractivity contribution >= 4 is 41.0 Å². The lowest BCUT2D eigenvalue weighted by Gasteiger charge is -2.13. The summed E-state index contributed by atoms with van der Waals surface area (Å²) in [4.78, 5) is 33.7. The summed E-state index contributed by atoms with van der Waals surface area (Å²) < 4.78 is 5.43. The predicted molar refractivity (Wildman–Crippen MR) is 89.7 cm³/mol. The third-order valence-electron chi connectivity index (χ3n) is 2.78. The maximum Gasteiger partial charge on any atom is 0.312 e. The molecule has 5 N–H and O–H groups in total. The number of nitrogens with two attached hydrogens (primary N) is 1. The van der Waals surface area contributed by atoms with E-state index >= 15 is 0 Å². The van der Waals surface area contributed by atoms with Crippen molar-refractivity contribution in [1.29, 1.82) is 0 Å². The van der Waals surface area contributed by atoms with Gasteiger partial charge in [-0.3, -0.25) is 20.4 Å². The van der Waals surface area contributed by atoms with Gasteiger partial charge in [-0.1, -0.05) is 23.2 Å². The lowest BCUT2D eigenvalue weighted by atomic mass is 10.3. The fraction of sp³-hybridized carbons (Fsp3) is 0.357. The summed E-state index contributed by atoms with van der Waals surface area (Å²) in [6.07, 6.45) is 0.541. The van der Waals surface area contributed by atoms with E-state index in [0.717, 1.165) is 0 Å². The first-order valence-corrected chi connectivity index (χ1v) is 7.77. The second kappa shape index (κ2) is 9.84. The van der Waals surface area contributed by atoms with Crippen LogP contribution in [0.25, 0.3) is 0 Å². The van der Waals surface area contributed by atoms with Crippen LogP contribution in [0.15, 0.2) is 18.2 Å². The highest BCUT2D eigenvalue weighted by Gasteiger charge is 2.14. The van der Waals surface area contributed by atoms with Crippen LogP contribution in [-0.4, -0.2) is 30.5 Å². The molecule has 0 heterocycles. The zero-order valence-electron chi connectivity index (χ0n) is 12.9. The molecule has 10 heteroatoms. The van der Waals surface area contributed by atoms with Gasteiger partial charge in [0.25, 0.3) is 5.91 Å². The zero-order chi connectivity index (χ0) is 18.1. The van der Waals surface area contributed by atoms with Crippen molar-refractivity contribution in [1.82, 2.24) is 16.2 Å². The van der Waals surface area contributed by atoms with Crippen LogP contribution in [0.5, 0.6) is 5.75 Å². The van der Waals surface area contributed by atoms with Crippen molar-refractivity contribution in [2.75, 3.05) is 6.61 Å². The molecule has 24 heavy (non-hydrogen) atoms. The summed E-state index contributed by atoms with van der Waals surface area (Å²) in [5, 5.41) is 3.07. The molecule has 0 fully saturated rings. The van der Waals surface area contributed by atoms with Gasteiger partial charge >= 0.3 is 6.03 Å². The Morgan fingerprint density at radius 2 is 1.96 bits per heavy atom. The Balaban J connectivity index is 2.22. The molecule has 1 aromatic rings. The highest BCUT2D eigenvalue weighted by atomic mass is 35.5. The smallest absolute Gasteiger partial charge is 0.312 e. The summed E-state index contributed by atoms with van der Waals surface area (Å²) >= 11 is 11.7. The van der Waals surface area contributed by atoms with Crippen LogP contribution in [0, 0.1) is 0 Å². The molecule has 0 radical (unpaired) electrons. The number of hydrogen-bond acceptors (Lipinski definition) is 4. The van der Waals surface area contributed by atoms with E-state index in [0.29, 0.717) is 22.2 Å². The van der Waals surface area contributed by atoms with Crippen LogP contribution in [0.4, 0.5) is 4.79 Å². The average Bonchev–Trinajstić information content (AvgIpc) is 2.50. The van der Waals surface area contributed by atoms with Crippen LogP contribution in [0.2, 0.25) is 10.0 Å². The third-order valence-corrected chi connectivity index (χ3v) is 3.31. The van der Waals surface area contributed by atoms with E-state index in [1.165, 1.54) is 6.92 Å². The van der Waals surface area contributed by atoms with Gasteiger partial charge in [-0.05, 0) is 31.5 Å². The van der Waals surface area contributed by atoms with Crippen LogP contribution >= 0.6 is 23.2 Å². The minimum absolute atomic E-state index is 0.128. The summed E-state index contributed by atoms with van der Waals surface area (Å²) in [5.74, 6) is -0.520. The van der Waals surface area contributed by atoms with Gasteiger partial charge in [0, 0.05) is 11.4 Å². The van der Waals surface area contributed by atoms with E-state index in [4.69, 9.17) is 33.7 Å². The Hall–Kier alpha value is -2.19. The highest BCUT2D eigenvalue weighted by molar-refractivity contribution is 6.35. The number of hydrazine groups is 1. The van der Waals surface area contributed by atoms with Crippen molar-refractivity contribution in [3.05, 3.63) is 28.2 Å². The maximum absolute atomic E-state index is 11.6. The largest absolute Gasteiger partial charge is 0.492 e. The molecule has 8 nitrogen and oxygen atoms in total. The first-order chi connectivity index (χ1) is 11.3. The minimum Gasteiger partial charge on any atom is -0.492 e. The summed E-state index contributed by atoms with van der Waals surface area (Å²) in [6, 6.07) is 3.15. The van der Waals surface area contributed by atoms with Crippen LogP contribution in [0.3, 0.4) is 0 Å². The normalized spacial score (nSPS) is 11.3. The standard InChI is InChI=1S/C14H18Cl2N4O4/c1-8(18-14(17)23)13(22)20-19-12(21)3-2-6-24-11-5-4-9(15)7-10(11)16/h4-5,7-8H,2-3,6H2,1H3,(H,19,21)(H,20,22)(H3,17,18,23)/t8-/m0/s1. The Morgan fingerprint density at radius 1 is 1.25 bits per heavy atom. The molecule has 4 amide bonds.